The molecule has 0 unspecified atom stereocenters. The molecule has 0 fully saturated rings. The molecule has 0 saturated carbocycles. The van der Waals surface area contributed by atoms with Crippen molar-refractivity contribution < 1.29 is 22.1 Å². The molecule has 8 heteroatoms. The summed E-state index contributed by atoms with van der Waals surface area (Å²) >= 11 is 12.0. The largest absolute Gasteiger partial charge is 0.423 e. The zero-order valence-corrected chi connectivity index (χ0v) is 16.6. The summed E-state index contributed by atoms with van der Waals surface area (Å²) in [4.78, 5) is 11.4. The Morgan fingerprint density at radius 1 is 1.08 bits per heavy atom. The van der Waals surface area contributed by atoms with Gasteiger partial charge in [0.15, 0.2) is 10.6 Å². The highest BCUT2D eigenvalue weighted by Gasteiger charge is 2.27. The molecule has 2 rings (SSSR count). The number of aryl methyl sites for hydroxylation is 1. The third kappa shape index (κ3) is 5.13. The number of benzene rings is 2. The van der Waals surface area contributed by atoms with Crippen LogP contribution in [0.1, 0.15) is 32.3 Å². The van der Waals surface area contributed by atoms with Crippen molar-refractivity contribution in [2.45, 2.75) is 38.0 Å². The van der Waals surface area contributed by atoms with Gasteiger partial charge in [-0.15, -0.1) is 0 Å². The SMILES string of the molecule is CCCC(=O)Oc1c(Cl)cc(Cl)cc1S(=O)(=O)Oc1ccc(CC)cc1. The number of halogens is 2. The molecular formula is C18H18Cl2O5S. The lowest BCUT2D eigenvalue weighted by Crippen LogP contribution is -2.15. The van der Waals surface area contributed by atoms with Gasteiger partial charge < -0.3 is 8.92 Å². The predicted octanol–water partition coefficient (Wildman–Crippen LogP) is 5.03. The standard InChI is InChI=1S/C18H18Cl2O5S/c1-3-5-17(21)24-18-15(20)10-13(19)11-16(18)26(22,23)25-14-8-6-12(4-2)7-9-14/h6-11H,3-5H2,1-2H3. The van der Waals surface area contributed by atoms with Gasteiger partial charge in [-0.3, -0.25) is 4.79 Å². The highest BCUT2D eigenvalue weighted by atomic mass is 35.5. The molecule has 0 aromatic heterocycles. The lowest BCUT2D eigenvalue weighted by atomic mass is 10.2. The molecule has 0 aliphatic heterocycles. The molecule has 0 aliphatic rings. The number of hydrogen-bond donors (Lipinski definition) is 0. The molecule has 0 aliphatic carbocycles. The number of hydrogen-bond acceptors (Lipinski definition) is 5. The number of carbonyl (C=O) groups is 1. The van der Waals surface area contributed by atoms with E-state index in [-0.39, 0.29) is 28.0 Å². The summed E-state index contributed by atoms with van der Waals surface area (Å²) in [5, 5.41) is -0.0146. The van der Waals surface area contributed by atoms with Crippen LogP contribution in [0.15, 0.2) is 41.3 Å². The minimum Gasteiger partial charge on any atom is -0.423 e. The maximum atomic E-state index is 12.7. The van der Waals surface area contributed by atoms with E-state index in [0.717, 1.165) is 18.1 Å². The van der Waals surface area contributed by atoms with Gasteiger partial charge >= 0.3 is 16.1 Å². The normalized spacial score (nSPS) is 11.2. The maximum Gasteiger partial charge on any atom is 0.343 e. The minimum absolute atomic E-state index is 0.0776. The van der Waals surface area contributed by atoms with E-state index in [1.165, 1.54) is 6.07 Å². The van der Waals surface area contributed by atoms with Crippen LogP contribution in [0.25, 0.3) is 0 Å². The molecule has 0 radical (unpaired) electrons. The minimum atomic E-state index is -4.32. The fourth-order valence-electron chi connectivity index (χ4n) is 2.14. The van der Waals surface area contributed by atoms with Crippen molar-refractivity contribution >= 4 is 39.3 Å². The van der Waals surface area contributed by atoms with Crippen LogP contribution in [0.4, 0.5) is 0 Å². The Hall–Kier alpha value is -1.76. The summed E-state index contributed by atoms with van der Waals surface area (Å²) in [7, 11) is -4.32. The van der Waals surface area contributed by atoms with Crippen molar-refractivity contribution in [2.75, 3.05) is 0 Å². The summed E-state index contributed by atoms with van der Waals surface area (Å²) in [5.41, 5.74) is 1.04. The molecule has 2 aromatic rings. The number of carbonyl (C=O) groups excluding carboxylic acids is 1. The lowest BCUT2D eigenvalue weighted by Gasteiger charge is -2.13. The number of rotatable bonds is 7. The lowest BCUT2D eigenvalue weighted by molar-refractivity contribution is -0.134. The first kappa shape index (κ1) is 20.6. The van der Waals surface area contributed by atoms with Crippen LogP contribution in [0.3, 0.4) is 0 Å². The van der Waals surface area contributed by atoms with E-state index in [4.69, 9.17) is 32.1 Å². The second-order valence-electron chi connectivity index (χ2n) is 5.47. The van der Waals surface area contributed by atoms with Crippen LogP contribution in [0, 0.1) is 0 Å². The molecular weight excluding hydrogens is 399 g/mol. The van der Waals surface area contributed by atoms with Crippen molar-refractivity contribution in [3.05, 3.63) is 52.0 Å². The first-order valence-electron chi connectivity index (χ1n) is 8.00. The average Bonchev–Trinajstić information content (AvgIpc) is 2.57. The summed E-state index contributed by atoms with van der Waals surface area (Å²) in [5.74, 6) is -0.760. The van der Waals surface area contributed by atoms with Gasteiger partial charge in [0.2, 0.25) is 0 Å². The summed E-state index contributed by atoms with van der Waals surface area (Å²) in [6.45, 7) is 3.78. The van der Waals surface area contributed by atoms with Crippen LogP contribution < -0.4 is 8.92 Å². The van der Waals surface area contributed by atoms with Gasteiger partial charge in [0.05, 0.1) is 5.02 Å². The second kappa shape index (κ2) is 8.75. The summed E-state index contributed by atoms with van der Waals surface area (Å²) < 4.78 is 35.7. The first-order chi connectivity index (χ1) is 12.3. The summed E-state index contributed by atoms with van der Waals surface area (Å²) in [6, 6.07) is 9.05. The van der Waals surface area contributed by atoms with Crippen LogP contribution >= 0.6 is 23.2 Å². The van der Waals surface area contributed by atoms with Crippen molar-refractivity contribution in [2.24, 2.45) is 0 Å². The Kier molecular flexibility index (Phi) is 6.92. The molecule has 0 bridgehead atoms. The van der Waals surface area contributed by atoms with Crippen molar-refractivity contribution in [1.82, 2.24) is 0 Å². The predicted molar refractivity (Wildman–Crippen MR) is 101 cm³/mol. The van der Waals surface area contributed by atoms with Gasteiger partial charge in [-0.25, -0.2) is 0 Å². The zero-order valence-electron chi connectivity index (χ0n) is 14.3. The molecule has 0 saturated heterocycles. The molecule has 5 nitrogen and oxygen atoms in total. The van der Waals surface area contributed by atoms with E-state index in [0.29, 0.717) is 6.42 Å². The Balaban J connectivity index is 2.41. The highest BCUT2D eigenvalue weighted by molar-refractivity contribution is 7.87. The number of ether oxygens (including phenoxy) is 1. The molecule has 2 aromatic carbocycles. The van der Waals surface area contributed by atoms with E-state index >= 15 is 0 Å². The van der Waals surface area contributed by atoms with E-state index in [1.54, 1.807) is 31.2 Å². The quantitative estimate of drug-likeness (QED) is 0.359. The van der Waals surface area contributed by atoms with Gasteiger partial charge in [0, 0.05) is 11.4 Å². The zero-order chi connectivity index (χ0) is 19.3. The Bertz CT molecular complexity index is 893. The van der Waals surface area contributed by atoms with Crippen LogP contribution in [0.2, 0.25) is 10.0 Å². The van der Waals surface area contributed by atoms with E-state index < -0.39 is 21.0 Å². The molecule has 140 valence electrons. The first-order valence-corrected chi connectivity index (χ1v) is 10.2. The molecule has 0 heterocycles. The third-order valence-corrected chi connectivity index (χ3v) is 5.20. The third-order valence-electron chi connectivity index (χ3n) is 3.45. The molecule has 0 atom stereocenters. The molecule has 0 spiro atoms. The van der Waals surface area contributed by atoms with E-state index in [9.17, 15) is 13.2 Å². The van der Waals surface area contributed by atoms with E-state index in [2.05, 4.69) is 0 Å². The van der Waals surface area contributed by atoms with Crippen molar-refractivity contribution in [3.63, 3.8) is 0 Å². The summed E-state index contributed by atoms with van der Waals surface area (Å²) in [6.07, 6.45) is 1.48. The fourth-order valence-corrected chi connectivity index (χ4v) is 3.90. The van der Waals surface area contributed by atoms with Gasteiger partial charge in [-0.1, -0.05) is 49.2 Å². The van der Waals surface area contributed by atoms with Crippen LogP contribution in [0.5, 0.6) is 11.5 Å². The average molecular weight is 417 g/mol. The van der Waals surface area contributed by atoms with Gasteiger partial charge in [-0.05, 0) is 42.7 Å². The van der Waals surface area contributed by atoms with E-state index in [1.807, 2.05) is 6.92 Å². The van der Waals surface area contributed by atoms with Gasteiger partial charge in [-0.2, -0.15) is 8.42 Å². The smallest absolute Gasteiger partial charge is 0.343 e. The van der Waals surface area contributed by atoms with Crippen molar-refractivity contribution in [1.29, 1.82) is 0 Å². The molecule has 0 amide bonds. The van der Waals surface area contributed by atoms with Gasteiger partial charge in [0.25, 0.3) is 0 Å². The molecule has 0 N–H and O–H groups in total. The Labute approximate surface area is 163 Å². The monoisotopic (exact) mass is 416 g/mol. The van der Waals surface area contributed by atoms with Crippen LogP contribution in [-0.4, -0.2) is 14.4 Å². The topological polar surface area (TPSA) is 69.7 Å². The Morgan fingerprint density at radius 3 is 2.31 bits per heavy atom. The maximum absolute atomic E-state index is 12.7. The van der Waals surface area contributed by atoms with Gasteiger partial charge in [0.1, 0.15) is 5.75 Å². The Morgan fingerprint density at radius 2 is 1.73 bits per heavy atom. The van der Waals surface area contributed by atoms with Crippen molar-refractivity contribution in [3.8, 4) is 11.5 Å². The number of esters is 1. The fraction of sp³-hybridized carbons (Fsp3) is 0.278. The molecule has 26 heavy (non-hydrogen) atoms. The van der Waals surface area contributed by atoms with Crippen LogP contribution in [-0.2, 0) is 21.3 Å². The second-order valence-corrected chi connectivity index (χ2v) is 7.83. The highest BCUT2D eigenvalue weighted by Crippen LogP contribution is 2.37.